The third-order valence-corrected chi connectivity index (χ3v) is 2.57. The Balaban J connectivity index is 1.89. The van der Waals surface area contributed by atoms with Crippen LogP contribution in [0.3, 0.4) is 0 Å². The van der Waals surface area contributed by atoms with E-state index in [0.717, 1.165) is 23.9 Å². The number of benzene rings is 1. The molecular weight excluding hydrogens is 204 g/mol. The Morgan fingerprint density at radius 3 is 2.69 bits per heavy atom. The molecule has 0 atom stereocenters. The topological polar surface area (TPSA) is 52.1 Å². The number of rotatable bonds is 2. The van der Waals surface area contributed by atoms with Crippen LogP contribution in [0.1, 0.15) is 12.8 Å². The molecule has 2 aromatic rings. The molecule has 16 heavy (non-hydrogen) atoms. The maximum absolute atomic E-state index is 11.5. The number of hydrogen-bond acceptors (Lipinski definition) is 4. The summed E-state index contributed by atoms with van der Waals surface area (Å²) in [5.74, 6) is 0.519. The summed E-state index contributed by atoms with van der Waals surface area (Å²) in [6.07, 6.45) is 5.16. The normalized spacial score (nSPS) is 15.0. The third-order valence-electron chi connectivity index (χ3n) is 2.57. The SMILES string of the molecule is O=C(Oc1ccc2nccnc2c1)C1CC1. The van der Waals surface area contributed by atoms with Gasteiger partial charge in [-0.05, 0) is 25.0 Å². The summed E-state index contributed by atoms with van der Waals surface area (Å²) in [6, 6.07) is 5.29. The van der Waals surface area contributed by atoms with Crippen molar-refractivity contribution in [3.05, 3.63) is 30.6 Å². The van der Waals surface area contributed by atoms with Crippen molar-refractivity contribution in [3.63, 3.8) is 0 Å². The summed E-state index contributed by atoms with van der Waals surface area (Å²) in [5.41, 5.74) is 1.54. The second-order valence-electron chi connectivity index (χ2n) is 3.90. The first-order valence-corrected chi connectivity index (χ1v) is 5.25. The van der Waals surface area contributed by atoms with Gasteiger partial charge in [-0.3, -0.25) is 14.8 Å². The first-order chi connectivity index (χ1) is 7.83. The van der Waals surface area contributed by atoms with Gasteiger partial charge >= 0.3 is 5.97 Å². The monoisotopic (exact) mass is 214 g/mol. The van der Waals surface area contributed by atoms with Crippen LogP contribution in [0, 0.1) is 5.92 Å². The van der Waals surface area contributed by atoms with E-state index in [4.69, 9.17) is 4.74 Å². The summed E-state index contributed by atoms with van der Waals surface area (Å²) in [6.45, 7) is 0. The van der Waals surface area contributed by atoms with Crippen molar-refractivity contribution in [3.8, 4) is 5.75 Å². The highest BCUT2D eigenvalue weighted by Gasteiger charge is 2.31. The molecule has 1 aromatic heterocycles. The Kier molecular flexibility index (Phi) is 2.06. The van der Waals surface area contributed by atoms with Crippen LogP contribution in [0.5, 0.6) is 5.75 Å². The van der Waals surface area contributed by atoms with Crippen LogP contribution in [0.4, 0.5) is 0 Å². The van der Waals surface area contributed by atoms with E-state index in [1.807, 2.05) is 0 Å². The molecule has 0 N–H and O–H groups in total. The highest BCUT2D eigenvalue weighted by atomic mass is 16.5. The summed E-state index contributed by atoms with van der Waals surface area (Å²) in [4.78, 5) is 19.8. The van der Waals surface area contributed by atoms with E-state index in [-0.39, 0.29) is 11.9 Å². The minimum Gasteiger partial charge on any atom is -0.426 e. The number of carbonyl (C=O) groups excluding carboxylic acids is 1. The second-order valence-corrected chi connectivity index (χ2v) is 3.90. The highest BCUT2D eigenvalue weighted by Crippen LogP contribution is 2.31. The lowest BCUT2D eigenvalue weighted by Gasteiger charge is -2.03. The van der Waals surface area contributed by atoms with Crippen LogP contribution in [-0.4, -0.2) is 15.9 Å². The molecule has 1 heterocycles. The minimum absolute atomic E-state index is 0.109. The van der Waals surface area contributed by atoms with Crippen molar-refractivity contribution >= 4 is 17.0 Å². The third kappa shape index (κ3) is 1.74. The Bertz CT molecular complexity index is 549. The largest absolute Gasteiger partial charge is 0.426 e. The molecule has 0 unspecified atom stereocenters. The summed E-state index contributed by atoms with van der Waals surface area (Å²) >= 11 is 0. The molecule has 3 rings (SSSR count). The molecule has 0 amide bonds. The molecular formula is C12H10N2O2. The zero-order valence-electron chi connectivity index (χ0n) is 8.59. The lowest BCUT2D eigenvalue weighted by Crippen LogP contribution is -2.09. The Morgan fingerprint density at radius 2 is 1.94 bits per heavy atom. The van der Waals surface area contributed by atoms with Gasteiger partial charge in [-0.25, -0.2) is 0 Å². The molecule has 0 aliphatic heterocycles. The van der Waals surface area contributed by atoms with Crippen molar-refractivity contribution in [1.82, 2.24) is 9.97 Å². The predicted octanol–water partition coefficient (Wildman–Crippen LogP) is 1.95. The molecule has 1 fully saturated rings. The van der Waals surface area contributed by atoms with Crippen molar-refractivity contribution in [2.45, 2.75) is 12.8 Å². The lowest BCUT2D eigenvalue weighted by molar-refractivity contribution is -0.135. The number of esters is 1. The molecule has 1 aromatic carbocycles. The quantitative estimate of drug-likeness (QED) is 0.566. The summed E-state index contributed by atoms with van der Waals surface area (Å²) < 4.78 is 5.24. The van der Waals surface area contributed by atoms with Crippen molar-refractivity contribution in [2.24, 2.45) is 5.92 Å². The van der Waals surface area contributed by atoms with Crippen LogP contribution in [0.25, 0.3) is 11.0 Å². The van der Waals surface area contributed by atoms with Gasteiger partial charge in [-0.1, -0.05) is 0 Å². The van der Waals surface area contributed by atoms with E-state index >= 15 is 0 Å². The van der Waals surface area contributed by atoms with Gasteiger partial charge in [0.2, 0.25) is 0 Å². The fourth-order valence-electron chi connectivity index (χ4n) is 1.53. The van der Waals surface area contributed by atoms with Crippen LogP contribution < -0.4 is 4.74 Å². The van der Waals surface area contributed by atoms with Crippen LogP contribution in [-0.2, 0) is 4.79 Å². The highest BCUT2D eigenvalue weighted by molar-refractivity contribution is 5.80. The van der Waals surface area contributed by atoms with Crippen molar-refractivity contribution < 1.29 is 9.53 Å². The fourth-order valence-corrected chi connectivity index (χ4v) is 1.53. The number of ether oxygens (including phenoxy) is 1. The van der Waals surface area contributed by atoms with Gasteiger partial charge in [0.05, 0.1) is 17.0 Å². The van der Waals surface area contributed by atoms with Gasteiger partial charge in [0.1, 0.15) is 5.75 Å². The minimum atomic E-state index is -0.136. The molecule has 4 nitrogen and oxygen atoms in total. The first kappa shape index (κ1) is 9.27. The maximum Gasteiger partial charge on any atom is 0.314 e. The number of fused-ring (bicyclic) bond motifs is 1. The predicted molar refractivity (Wildman–Crippen MR) is 57.9 cm³/mol. The molecule has 1 aliphatic carbocycles. The number of nitrogens with zero attached hydrogens (tertiary/aromatic N) is 2. The average molecular weight is 214 g/mol. The van der Waals surface area contributed by atoms with E-state index < -0.39 is 0 Å². The van der Waals surface area contributed by atoms with Crippen molar-refractivity contribution in [2.75, 3.05) is 0 Å². The van der Waals surface area contributed by atoms with Gasteiger partial charge in [-0.15, -0.1) is 0 Å². The fraction of sp³-hybridized carbons (Fsp3) is 0.250. The zero-order chi connectivity index (χ0) is 11.0. The van der Waals surface area contributed by atoms with Gasteiger partial charge < -0.3 is 4.74 Å². The number of carbonyl (C=O) groups is 1. The smallest absolute Gasteiger partial charge is 0.314 e. The maximum atomic E-state index is 11.5. The molecule has 0 saturated heterocycles. The van der Waals surface area contributed by atoms with Gasteiger partial charge in [0.15, 0.2) is 0 Å². The first-order valence-electron chi connectivity index (χ1n) is 5.25. The summed E-state index contributed by atoms with van der Waals surface area (Å²) in [5, 5.41) is 0. The Hall–Kier alpha value is -1.97. The Morgan fingerprint density at radius 1 is 1.19 bits per heavy atom. The van der Waals surface area contributed by atoms with Gasteiger partial charge in [-0.2, -0.15) is 0 Å². The van der Waals surface area contributed by atoms with Gasteiger partial charge in [0, 0.05) is 18.5 Å². The van der Waals surface area contributed by atoms with Crippen LogP contribution in [0.15, 0.2) is 30.6 Å². The molecule has 0 bridgehead atoms. The van der Waals surface area contributed by atoms with Crippen LogP contribution in [0.2, 0.25) is 0 Å². The van der Waals surface area contributed by atoms with E-state index in [2.05, 4.69) is 9.97 Å². The second kappa shape index (κ2) is 3.56. The average Bonchev–Trinajstić information content (AvgIpc) is 3.12. The lowest BCUT2D eigenvalue weighted by atomic mass is 10.3. The molecule has 0 radical (unpaired) electrons. The van der Waals surface area contributed by atoms with E-state index in [1.54, 1.807) is 30.6 Å². The zero-order valence-corrected chi connectivity index (χ0v) is 8.59. The van der Waals surface area contributed by atoms with Crippen molar-refractivity contribution in [1.29, 1.82) is 0 Å². The van der Waals surface area contributed by atoms with Crippen LogP contribution >= 0.6 is 0 Å². The number of hydrogen-bond donors (Lipinski definition) is 0. The molecule has 0 spiro atoms. The molecule has 80 valence electrons. The number of aromatic nitrogens is 2. The summed E-state index contributed by atoms with van der Waals surface area (Å²) in [7, 11) is 0. The van der Waals surface area contributed by atoms with Gasteiger partial charge in [0.25, 0.3) is 0 Å². The standard InChI is InChI=1S/C12H10N2O2/c15-12(8-1-2-8)16-9-3-4-10-11(7-9)14-6-5-13-10/h3-8H,1-2H2. The molecule has 4 heteroatoms. The molecule has 1 aliphatic rings. The van der Waals surface area contributed by atoms with E-state index in [9.17, 15) is 4.79 Å². The Labute approximate surface area is 92.3 Å². The van der Waals surface area contributed by atoms with E-state index in [1.165, 1.54) is 0 Å². The van der Waals surface area contributed by atoms with E-state index in [0.29, 0.717) is 5.75 Å². The molecule has 1 saturated carbocycles.